The van der Waals surface area contributed by atoms with Gasteiger partial charge in [-0.2, -0.15) is 4.72 Å². The minimum Gasteiger partial charge on any atom is -0.484 e. The average molecular weight is 452 g/mol. The van der Waals surface area contributed by atoms with Gasteiger partial charge in [0.2, 0.25) is 15.9 Å². The molecule has 2 aromatic rings. The first kappa shape index (κ1) is 24.3. The first-order chi connectivity index (χ1) is 14.5. The van der Waals surface area contributed by atoms with E-state index < -0.39 is 38.6 Å². The van der Waals surface area contributed by atoms with Gasteiger partial charge < -0.3 is 15.0 Å². The maximum atomic E-state index is 13.9. The summed E-state index contributed by atoms with van der Waals surface area (Å²) in [6.07, 6.45) is 0. The van der Waals surface area contributed by atoms with Gasteiger partial charge in [-0.25, -0.2) is 12.8 Å². The molecule has 8 nitrogen and oxygen atoms in total. The van der Waals surface area contributed by atoms with E-state index in [2.05, 4.69) is 10.0 Å². The van der Waals surface area contributed by atoms with E-state index in [1.165, 1.54) is 17.0 Å². The standard InChI is InChI=1S/C21H26FN3O5S/c1-14(2)20(24-31(28,29)18-8-6-5-7-17(18)22)21(27)23-15-9-11-16(12-10-15)30-13-19(26)25(3)4/h5-12,14,20,24H,13H2,1-4H3,(H,23,27)/t20-/m0/s1. The van der Waals surface area contributed by atoms with E-state index >= 15 is 0 Å². The van der Waals surface area contributed by atoms with Crippen LogP contribution in [0.25, 0.3) is 0 Å². The van der Waals surface area contributed by atoms with Gasteiger partial charge in [-0.15, -0.1) is 0 Å². The number of hydrogen-bond donors (Lipinski definition) is 2. The summed E-state index contributed by atoms with van der Waals surface area (Å²) in [5.41, 5.74) is 0.409. The van der Waals surface area contributed by atoms with E-state index in [1.807, 2.05) is 0 Å². The quantitative estimate of drug-likeness (QED) is 0.608. The molecule has 1 atom stereocenters. The molecule has 2 aromatic carbocycles. The number of anilines is 1. The van der Waals surface area contributed by atoms with Crippen LogP contribution in [-0.2, 0) is 19.6 Å². The second kappa shape index (κ2) is 10.4. The van der Waals surface area contributed by atoms with Crippen molar-refractivity contribution in [3.05, 3.63) is 54.3 Å². The Labute approximate surface area is 181 Å². The van der Waals surface area contributed by atoms with Crippen LogP contribution < -0.4 is 14.8 Å². The van der Waals surface area contributed by atoms with Crippen molar-refractivity contribution in [2.24, 2.45) is 5.92 Å². The highest BCUT2D eigenvalue weighted by Gasteiger charge is 2.29. The van der Waals surface area contributed by atoms with Crippen LogP contribution in [0.5, 0.6) is 5.75 Å². The van der Waals surface area contributed by atoms with Crippen molar-refractivity contribution in [3.8, 4) is 5.75 Å². The molecule has 0 fully saturated rings. The fourth-order valence-electron chi connectivity index (χ4n) is 2.51. The minimum absolute atomic E-state index is 0.119. The largest absolute Gasteiger partial charge is 0.484 e. The Hall–Kier alpha value is -2.98. The molecule has 2 amide bonds. The van der Waals surface area contributed by atoms with Crippen molar-refractivity contribution < 1.29 is 27.1 Å². The second-order valence-corrected chi connectivity index (χ2v) is 9.05. The molecule has 0 aliphatic carbocycles. The van der Waals surface area contributed by atoms with Crippen molar-refractivity contribution in [2.75, 3.05) is 26.0 Å². The van der Waals surface area contributed by atoms with Crippen LogP contribution in [0, 0.1) is 11.7 Å². The van der Waals surface area contributed by atoms with Gasteiger partial charge in [-0.1, -0.05) is 26.0 Å². The molecule has 0 heterocycles. The molecular weight excluding hydrogens is 425 g/mol. The molecule has 0 unspecified atom stereocenters. The fraction of sp³-hybridized carbons (Fsp3) is 0.333. The molecule has 2 N–H and O–H groups in total. The number of hydrogen-bond acceptors (Lipinski definition) is 5. The van der Waals surface area contributed by atoms with Gasteiger partial charge in [0.25, 0.3) is 5.91 Å². The molecule has 0 bridgehead atoms. The highest BCUT2D eigenvalue weighted by molar-refractivity contribution is 7.89. The summed E-state index contributed by atoms with van der Waals surface area (Å²) < 4.78 is 46.7. The number of carbonyl (C=O) groups is 2. The highest BCUT2D eigenvalue weighted by atomic mass is 32.2. The Kier molecular flexibility index (Phi) is 8.12. The van der Waals surface area contributed by atoms with Crippen molar-refractivity contribution >= 4 is 27.5 Å². The lowest BCUT2D eigenvalue weighted by atomic mass is 10.0. The van der Waals surface area contributed by atoms with Gasteiger partial charge in [-0.05, 0) is 42.3 Å². The Balaban J connectivity index is 2.07. The second-order valence-electron chi connectivity index (χ2n) is 7.36. The minimum atomic E-state index is -4.24. The summed E-state index contributed by atoms with van der Waals surface area (Å²) in [6, 6.07) is 10.1. The third-order valence-electron chi connectivity index (χ3n) is 4.34. The first-order valence-electron chi connectivity index (χ1n) is 9.52. The summed E-state index contributed by atoms with van der Waals surface area (Å²) in [5, 5.41) is 2.63. The van der Waals surface area contributed by atoms with Crippen LogP contribution >= 0.6 is 0 Å². The third kappa shape index (κ3) is 6.76. The summed E-state index contributed by atoms with van der Waals surface area (Å²) in [4.78, 5) is 25.2. The number of rotatable bonds is 9. The van der Waals surface area contributed by atoms with Crippen molar-refractivity contribution in [1.82, 2.24) is 9.62 Å². The molecule has 31 heavy (non-hydrogen) atoms. The van der Waals surface area contributed by atoms with Crippen LogP contribution in [0.1, 0.15) is 13.8 Å². The summed E-state index contributed by atoms with van der Waals surface area (Å²) >= 11 is 0. The summed E-state index contributed by atoms with van der Waals surface area (Å²) in [7, 11) is -1.00. The van der Waals surface area contributed by atoms with Crippen LogP contribution in [0.2, 0.25) is 0 Å². The Morgan fingerprint density at radius 3 is 2.23 bits per heavy atom. The van der Waals surface area contributed by atoms with Crippen molar-refractivity contribution in [1.29, 1.82) is 0 Å². The predicted octanol–water partition coefficient (Wildman–Crippen LogP) is 2.23. The smallest absolute Gasteiger partial charge is 0.259 e. The van der Waals surface area contributed by atoms with E-state index in [0.717, 1.165) is 12.1 Å². The van der Waals surface area contributed by atoms with Gasteiger partial charge in [0.1, 0.15) is 22.5 Å². The summed E-state index contributed by atoms with van der Waals surface area (Å²) in [5.74, 6) is -1.65. The lowest BCUT2D eigenvalue weighted by molar-refractivity contribution is -0.130. The Morgan fingerprint density at radius 2 is 1.68 bits per heavy atom. The third-order valence-corrected chi connectivity index (χ3v) is 5.81. The number of ether oxygens (including phenoxy) is 1. The molecule has 0 radical (unpaired) electrons. The van der Waals surface area contributed by atoms with E-state index in [0.29, 0.717) is 11.4 Å². The fourth-order valence-corrected chi connectivity index (χ4v) is 3.94. The molecule has 10 heteroatoms. The maximum Gasteiger partial charge on any atom is 0.259 e. The number of nitrogens with one attached hydrogen (secondary N) is 2. The molecule has 168 valence electrons. The molecule has 0 aliphatic rings. The number of sulfonamides is 1. The first-order valence-corrected chi connectivity index (χ1v) is 11.0. The SMILES string of the molecule is CC(C)[C@H](NS(=O)(=O)c1ccccc1F)C(=O)Nc1ccc(OCC(=O)N(C)C)cc1. The highest BCUT2D eigenvalue weighted by Crippen LogP contribution is 2.19. The number of amides is 2. The van der Waals surface area contributed by atoms with Crippen LogP contribution in [0.4, 0.5) is 10.1 Å². The number of nitrogens with zero attached hydrogens (tertiary/aromatic N) is 1. The van der Waals surface area contributed by atoms with Gasteiger partial charge >= 0.3 is 0 Å². The number of carbonyl (C=O) groups excluding carboxylic acids is 2. The average Bonchev–Trinajstić information content (AvgIpc) is 2.71. The summed E-state index contributed by atoms with van der Waals surface area (Å²) in [6.45, 7) is 3.23. The van der Waals surface area contributed by atoms with E-state index in [1.54, 1.807) is 52.2 Å². The number of benzene rings is 2. The Bertz CT molecular complexity index is 1020. The zero-order chi connectivity index (χ0) is 23.2. The van der Waals surface area contributed by atoms with Gasteiger partial charge in [0.15, 0.2) is 6.61 Å². The van der Waals surface area contributed by atoms with Gasteiger partial charge in [0.05, 0.1) is 0 Å². The zero-order valence-corrected chi connectivity index (χ0v) is 18.6. The van der Waals surface area contributed by atoms with Crippen molar-refractivity contribution in [3.63, 3.8) is 0 Å². The van der Waals surface area contributed by atoms with Gasteiger partial charge in [0, 0.05) is 19.8 Å². The van der Waals surface area contributed by atoms with E-state index in [-0.39, 0.29) is 12.5 Å². The normalized spacial score (nSPS) is 12.3. The van der Waals surface area contributed by atoms with Crippen LogP contribution in [0.3, 0.4) is 0 Å². The Morgan fingerprint density at radius 1 is 1.06 bits per heavy atom. The molecule has 0 spiro atoms. The van der Waals surface area contributed by atoms with Gasteiger partial charge in [-0.3, -0.25) is 9.59 Å². The molecule has 0 saturated carbocycles. The maximum absolute atomic E-state index is 13.9. The number of likely N-dealkylation sites (N-methyl/N-ethyl adjacent to an activating group) is 1. The lowest BCUT2D eigenvalue weighted by Gasteiger charge is -2.22. The zero-order valence-electron chi connectivity index (χ0n) is 17.8. The number of halogens is 1. The molecule has 0 saturated heterocycles. The predicted molar refractivity (Wildman–Crippen MR) is 115 cm³/mol. The monoisotopic (exact) mass is 451 g/mol. The molecule has 0 aliphatic heterocycles. The van der Waals surface area contributed by atoms with Crippen LogP contribution in [-0.4, -0.2) is 51.9 Å². The molecule has 0 aromatic heterocycles. The van der Waals surface area contributed by atoms with E-state index in [4.69, 9.17) is 4.74 Å². The molecular formula is C21H26FN3O5S. The van der Waals surface area contributed by atoms with Crippen molar-refractivity contribution in [2.45, 2.75) is 24.8 Å². The molecule has 2 rings (SSSR count). The topological polar surface area (TPSA) is 105 Å². The van der Waals surface area contributed by atoms with Crippen LogP contribution in [0.15, 0.2) is 53.4 Å². The van der Waals surface area contributed by atoms with E-state index in [9.17, 15) is 22.4 Å². The lowest BCUT2D eigenvalue weighted by Crippen LogP contribution is -2.47.